The number of fused-ring (bicyclic) bond motifs is 2. The molecule has 1 aliphatic heterocycles. The second kappa shape index (κ2) is 7.76. The van der Waals surface area contributed by atoms with Crippen LogP contribution in [0, 0.1) is 11.8 Å². The van der Waals surface area contributed by atoms with Gasteiger partial charge in [-0.3, -0.25) is 4.90 Å². The van der Waals surface area contributed by atoms with Crippen molar-refractivity contribution in [1.82, 2.24) is 14.5 Å². The normalized spacial score (nSPS) is 27.6. The highest BCUT2D eigenvalue weighted by Crippen LogP contribution is 2.48. The van der Waals surface area contributed by atoms with Crippen LogP contribution >= 0.6 is 0 Å². The summed E-state index contributed by atoms with van der Waals surface area (Å²) >= 11 is 0. The van der Waals surface area contributed by atoms with Gasteiger partial charge < -0.3 is 19.1 Å². The second-order valence-electron chi connectivity index (χ2n) is 8.12. The first kappa shape index (κ1) is 19.3. The Morgan fingerprint density at radius 2 is 1.96 bits per heavy atom. The number of imidazole rings is 1. The van der Waals surface area contributed by atoms with Gasteiger partial charge in [-0.2, -0.15) is 0 Å². The molecule has 1 aromatic carbocycles. The Morgan fingerprint density at radius 3 is 2.57 bits per heavy atom. The number of likely N-dealkylation sites (tertiary alicyclic amines) is 1. The molecule has 0 spiro atoms. The van der Waals surface area contributed by atoms with Gasteiger partial charge in [-0.1, -0.05) is 12.5 Å². The Hall–Kier alpha value is -2.05. The van der Waals surface area contributed by atoms with Crippen LogP contribution in [0.5, 0.6) is 11.5 Å². The van der Waals surface area contributed by atoms with Gasteiger partial charge in [0.25, 0.3) is 0 Å². The van der Waals surface area contributed by atoms with Crippen molar-refractivity contribution in [2.75, 3.05) is 26.8 Å². The Labute approximate surface area is 167 Å². The van der Waals surface area contributed by atoms with Crippen molar-refractivity contribution in [2.45, 2.75) is 38.3 Å². The fourth-order valence-electron chi connectivity index (χ4n) is 5.13. The van der Waals surface area contributed by atoms with Crippen LogP contribution in [-0.4, -0.2) is 46.4 Å². The van der Waals surface area contributed by atoms with E-state index >= 15 is 0 Å². The minimum absolute atomic E-state index is 0.214. The minimum Gasteiger partial charge on any atom is -0.493 e. The highest BCUT2D eigenvalue weighted by molar-refractivity contribution is 5.43. The topological polar surface area (TPSA) is 59.8 Å². The molecule has 1 saturated carbocycles. The molecule has 2 aliphatic rings. The van der Waals surface area contributed by atoms with E-state index in [-0.39, 0.29) is 11.8 Å². The summed E-state index contributed by atoms with van der Waals surface area (Å²) in [5, 5.41) is 11.7. The van der Waals surface area contributed by atoms with E-state index in [4.69, 9.17) is 9.47 Å². The maximum Gasteiger partial charge on any atom is 0.161 e. The van der Waals surface area contributed by atoms with Crippen LogP contribution in [0.15, 0.2) is 30.6 Å². The number of hydrogen-bond acceptors (Lipinski definition) is 5. The van der Waals surface area contributed by atoms with E-state index in [0.29, 0.717) is 6.61 Å². The molecule has 4 rings (SSSR count). The average molecular weight is 386 g/mol. The summed E-state index contributed by atoms with van der Waals surface area (Å²) in [5.41, 5.74) is 0.397. The summed E-state index contributed by atoms with van der Waals surface area (Å²) in [4.78, 5) is 6.99. The van der Waals surface area contributed by atoms with Crippen molar-refractivity contribution in [3.63, 3.8) is 0 Å². The first-order valence-corrected chi connectivity index (χ1v) is 10.3. The number of benzene rings is 1. The molecule has 0 radical (unpaired) electrons. The number of nitrogens with zero attached hydrogens (tertiary/aromatic N) is 3. The van der Waals surface area contributed by atoms with Gasteiger partial charge in [-0.15, -0.1) is 0 Å². The zero-order valence-corrected chi connectivity index (χ0v) is 17.1. The highest BCUT2D eigenvalue weighted by atomic mass is 16.5. The molecule has 6 heteroatoms. The fourth-order valence-corrected chi connectivity index (χ4v) is 5.13. The maximum atomic E-state index is 11.7. The smallest absolute Gasteiger partial charge is 0.161 e. The molecule has 1 aromatic heterocycles. The zero-order valence-electron chi connectivity index (χ0n) is 17.1. The number of aliphatic hydroxyl groups is 1. The molecule has 152 valence electrons. The lowest BCUT2D eigenvalue weighted by atomic mass is 9.65. The standard InChI is InChI=1S/C22H31N3O3/c1-4-28-20-12-16(8-9-19(20)27-3)13-25-14-17-6-5-7-18(15-25)22(17,26)21-23-10-11-24(21)2/h8-12,17-18,26H,4-7,13-15H2,1-3H3/t17-,18+,22?. The van der Waals surface area contributed by atoms with Crippen LogP contribution in [0.25, 0.3) is 0 Å². The Morgan fingerprint density at radius 1 is 1.21 bits per heavy atom. The Kier molecular flexibility index (Phi) is 5.34. The SMILES string of the molecule is CCOc1cc(CN2C[C@H]3CCC[C@@H](C2)C3(O)c2nccn2C)ccc1OC. The van der Waals surface area contributed by atoms with Gasteiger partial charge >= 0.3 is 0 Å². The molecular formula is C22H31N3O3. The summed E-state index contributed by atoms with van der Waals surface area (Å²) in [5.74, 6) is 2.82. The van der Waals surface area contributed by atoms with Gasteiger partial charge in [-0.05, 0) is 37.5 Å². The lowest BCUT2D eigenvalue weighted by molar-refractivity contribution is -0.155. The first-order chi connectivity index (χ1) is 13.6. The molecule has 6 nitrogen and oxygen atoms in total. The number of ether oxygens (including phenoxy) is 2. The van der Waals surface area contributed by atoms with Crippen LogP contribution in [0.1, 0.15) is 37.6 Å². The van der Waals surface area contributed by atoms with Gasteiger partial charge in [0.05, 0.1) is 13.7 Å². The largest absolute Gasteiger partial charge is 0.493 e. The van der Waals surface area contributed by atoms with E-state index in [1.54, 1.807) is 13.3 Å². The lowest BCUT2D eigenvalue weighted by Crippen LogP contribution is -2.58. The van der Waals surface area contributed by atoms with E-state index in [9.17, 15) is 5.11 Å². The highest BCUT2D eigenvalue weighted by Gasteiger charge is 2.53. The van der Waals surface area contributed by atoms with E-state index in [2.05, 4.69) is 22.0 Å². The molecule has 2 fully saturated rings. The molecule has 1 unspecified atom stereocenters. The maximum absolute atomic E-state index is 11.7. The molecule has 2 bridgehead atoms. The van der Waals surface area contributed by atoms with Crippen molar-refractivity contribution in [3.8, 4) is 11.5 Å². The number of methoxy groups -OCH3 is 1. The van der Waals surface area contributed by atoms with Crippen LogP contribution in [-0.2, 0) is 19.2 Å². The van der Waals surface area contributed by atoms with Crippen LogP contribution < -0.4 is 9.47 Å². The van der Waals surface area contributed by atoms with Crippen LogP contribution in [0.3, 0.4) is 0 Å². The summed E-state index contributed by atoms with van der Waals surface area (Å²) in [6.45, 7) is 5.22. The molecule has 3 atom stereocenters. The van der Waals surface area contributed by atoms with Crippen LogP contribution in [0.4, 0.5) is 0 Å². The van der Waals surface area contributed by atoms with Gasteiger partial charge in [0.1, 0.15) is 11.4 Å². The quantitative estimate of drug-likeness (QED) is 0.828. The van der Waals surface area contributed by atoms with Crippen molar-refractivity contribution in [2.24, 2.45) is 18.9 Å². The van der Waals surface area contributed by atoms with Crippen molar-refractivity contribution in [3.05, 3.63) is 42.0 Å². The lowest BCUT2D eigenvalue weighted by Gasteiger charge is -2.52. The van der Waals surface area contributed by atoms with E-state index in [0.717, 1.165) is 49.8 Å². The third-order valence-electron chi connectivity index (χ3n) is 6.42. The van der Waals surface area contributed by atoms with Crippen LogP contribution in [0.2, 0.25) is 0 Å². The average Bonchev–Trinajstić information content (AvgIpc) is 3.10. The molecule has 2 heterocycles. The van der Waals surface area contributed by atoms with Crippen molar-refractivity contribution >= 4 is 0 Å². The summed E-state index contributed by atoms with van der Waals surface area (Å²) in [7, 11) is 3.65. The summed E-state index contributed by atoms with van der Waals surface area (Å²) in [6.07, 6.45) is 7.00. The molecule has 2 aromatic rings. The number of hydrogen-bond donors (Lipinski definition) is 1. The van der Waals surface area contributed by atoms with E-state index in [1.165, 1.54) is 12.0 Å². The van der Waals surface area contributed by atoms with Gasteiger partial charge in [0, 0.05) is 50.9 Å². The molecule has 1 saturated heterocycles. The molecular weight excluding hydrogens is 354 g/mol. The van der Waals surface area contributed by atoms with Crippen molar-refractivity contribution < 1.29 is 14.6 Å². The van der Waals surface area contributed by atoms with E-state index < -0.39 is 5.60 Å². The molecule has 1 aliphatic carbocycles. The predicted molar refractivity (Wildman–Crippen MR) is 107 cm³/mol. The van der Waals surface area contributed by atoms with E-state index in [1.807, 2.05) is 30.8 Å². The third-order valence-corrected chi connectivity index (χ3v) is 6.42. The second-order valence-corrected chi connectivity index (χ2v) is 8.12. The van der Waals surface area contributed by atoms with Crippen molar-refractivity contribution in [1.29, 1.82) is 0 Å². The molecule has 28 heavy (non-hydrogen) atoms. The summed E-state index contributed by atoms with van der Waals surface area (Å²) in [6, 6.07) is 6.17. The Balaban J connectivity index is 1.54. The minimum atomic E-state index is -0.816. The number of rotatable bonds is 6. The number of aromatic nitrogens is 2. The molecule has 1 N–H and O–H groups in total. The van der Waals surface area contributed by atoms with Gasteiger partial charge in [-0.25, -0.2) is 4.98 Å². The zero-order chi connectivity index (χ0) is 19.7. The fraction of sp³-hybridized carbons (Fsp3) is 0.591. The number of aryl methyl sites for hydroxylation is 1. The summed E-state index contributed by atoms with van der Waals surface area (Å²) < 4.78 is 13.1. The third kappa shape index (κ3) is 3.29. The predicted octanol–water partition coefficient (Wildman–Crippen LogP) is 2.95. The van der Waals surface area contributed by atoms with Gasteiger partial charge in [0.2, 0.25) is 0 Å². The van der Waals surface area contributed by atoms with Gasteiger partial charge in [0.15, 0.2) is 11.5 Å². The Bertz CT molecular complexity index is 805. The first-order valence-electron chi connectivity index (χ1n) is 10.3. The molecule has 0 amide bonds. The number of piperidine rings is 1. The monoisotopic (exact) mass is 385 g/mol.